The Bertz CT molecular complexity index is 1060. The van der Waals surface area contributed by atoms with E-state index in [-0.39, 0.29) is 0 Å². The van der Waals surface area contributed by atoms with Crippen molar-refractivity contribution in [2.24, 2.45) is 0 Å². The molecule has 0 aliphatic carbocycles. The normalized spacial score (nSPS) is 10.9. The molecule has 24 heavy (non-hydrogen) atoms. The lowest BCUT2D eigenvalue weighted by Crippen LogP contribution is -1.91. The first kappa shape index (κ1) is 14.5. The van der Waals surface area contributed by atoms with Gasteiger partial charge in [0.1, 0.15) is 5.75 Å². The molecule has 0 amide bonds. The molecule has 0 N–H and O–H groups in total. The number of carbonyl (C=O) groups excluding carboxylic acids is 1. The summed E-state index contributed by atoms with van der Waals surface area (Å²) in [4.78, 5) is 11.6. The minimum Gasteiger partial charge on any atom is -0.497 e. The van der Waals surface area contributed by atoms with Gasteiger partial charge in [0.25, 0.3) is 0 Å². The van der Waals surface area contributed by atoms with Crippen molar-refractivity contribution in [3.63, 3.8) is 0 Å². The van der Waals surface area contributed by atoms with Crippen LogP contribution in [0.4, 0.5) is 0 Å². The van der Waals surface area contributed by atoms with E-state index in [1.807, 2.05) is 24.3 Å². The molecule has 0 saturated heterocycles. The Labute approximate surface area is 140 Å². The van der Waals surface area contributed by atoms with Crippen LogP contribution in [0.5, 0.6) is 5.75 Å². The summed E-state index contributed by atoms with van der Waals surface area (Å²) in [5.74, 6) is 0.687. The third-order valence-electron chi connectivity index (χ3n) is 4.46. The number of benzene rings is 4. The van der Waals surface area contributed by atoms with Crippen LogP contribution in [-0.4, -0.2) is 13.4 Å². The van der Waals surface area contributed by atoms with Crippen LogP contribution < -0.4 is 4.74 Å². The maximum absolute atomic E-state index is 11.6. The molecule has 0 aromatic heterocycles. The fourth-order valence-corrected chi connectivity index (χ4v) is 3.29. The Balaban J connectivity index is 2.04. The highest BCUT2D eigenvalue weighted by molar-refractivity contribution is 6.12. The Hall–Kier alpha value is -3.13. The zero-order valence-electron chi connectivity index (χ0n) is 13.3. The predicted molar refractivity (Wildman–Crippen MR) is 98.8 cm³/mol. The minimum absolute atomic E-state index is 0.634. The Kier molecular flexibility index (Phi) is 3.51. The average molecular weight is 312 g/mol. The number of hydrogen-bond donors (Lipinski definition) is 0. The predicted octanol–water partition coefficient (Wildman–Crippen LogP) is 5.48. The zero-order valence-corrected chi connectivity index (χ0v) is 13.3. The van der Waals surface area contributed by atoms with Crippen LogP contribution in [0.1, 0.15) is 10.4 Å². The molecule has 2 heteroatoms. The molecule has 116 valence electrons. The fourth-order valence-electron chi connectivity index (χ4n) is 3.29. The maximum Gasteiger partial charge on any atom is 0.150 e. The number of rotatable bonds is 3. The minimum atomic E-state index is 0.634. The Morgan fingerprint density at radius 3 is 2.42 bits per heavy atom. The molecule has 0 aliphatic heterocycles. The van der Waals surface area contributed by atoms with Crippen LogP contribution in [0.2, 0.25) is 0 Å². The number of hydrogen-bond acceptors (Lipinski definition) is 2. The molecule has 0 radical (unpaired) electrons. The van der Waals surface area contributed by atoms with Crippen molar-refractivity contribution in [2.75, 3.05) is 7.11 Å². The Morgan fingerprint density at radius 1 is 0.750 bits per heavy atom. The molecule has 0 fully saturated rings. The first-order valence-electron chi connectivity index (χ1n) is 7.86. The molecule has 4 aromatic carbocycles. The molecule has 0 unspecified atom stereocenters. The number of carbonyl (C=O) groups is 1. The van der Waals surface area contributed by atoms with Crippen molar-refractivity contribution in [3.8, 4) is 16.9 Å². The quantitative estimate of drug-likeness (QED) is 0.370. The highest BCUT2D eigenvalue weighted by atomic mass is 16.5. The van der Waals surface area contributed by atoms with Crippen LogP contribution in [0.3, 0.4) is 0 Å². The zero-order chi connectivity index (χ0) is 16.5. The number of aldehydes is 1. The number of fused-ring (bicyclic) bond motifs is 3. The number of methoxy groups -OCH3 is 1. The fraction of sp³-hybridized carbons (Fsp3) is 0.0455. The van der Waals surface area contributed by atoms with Crippen LogP contribution in [0.15, 0.2) is 72.8 Å². The van der Waals surface area contributed by atoms with E-state index in [1.165, 1.54) is 16.2 Å². The second-order valence-electron chi connectivity index (χ2n) is 5.76. The lowest BCUT2D eigenvalue weighted by atomic mass is 9.92. The molecule has 0 bridgehead atoms. The van der Waals surface area contributed by atoms with Gasteiger partial charge in [-0.25, -0.2) is 0 Å². The molecule has 0 heterocycles. The van der Waals surface area contributed by atoms with Crippen molar-refractivity contribution >= 4 is 27.8 Å². The lowest BCUT2D eigenvalue weighted by Gasteiger charge is -2.12. The van der Waals surface area contributed by atoms with E-state index < -0.39 is 0 Å². The van der Waals surface area contributed by atoms with E-state index in [2.05, 4.69) is 42.5 Å². The van der Waals surface area contributed by atoms with Gasteiger partial charge in [0.05, 0.1) is 7.11 Å². The standard InChI is InChI=1S/C22H16O2/c1-24-17-10-12-19(16(13-17)14-23)21-8-4-7-20-18-6-3-2-5-15(18)9-11-22(20)21/h2-14H,1H3. The van der Waals surface area contributed by atoms with E-state index in [0.717, 1.165) is 22.8 Å². The molecule has 4 aromatic rings. The summed E-state index contributed by atoms with van der Waals surface area (Å²) in [6, 6.07) is 24.5. The SMILES string of the molecule is COc1ccc(-c2cccc3c2ccc2ccccc23)c(C=O)c1. The van der Waals surface area contributed by atoms with E-state index in [9.17, 15) is 4.79 Å². The maximum atomic E-state index is 11.6. The van der Waals surface area contributed by atoms with Gasteiger partial charge in [0, 0.05) is 5.56 Å². The van der Waals surface area contributed by atoms with E-state index >= 15 is 0 Å². The largest absolute Gasteiger partial charge is 0.497 e. The van der Waals surface area contributed by atoms with Crippen molar-refractivity contribution in [1.82, 2.24) is 0 Å². The van der Waals surface area contributed by atoms with Gasteiger partial charge in [-0.2, -0.15) is 0 Å². The number of ether oxygens (including phenoxy) is 1. The van der Waals surface area contributed by atoms with Gasteiger partial charge in [0.15, 0.2) is 6.29 Å². The molecule has 0 spiro atoms. The summed E-state index contributed by atoms with van der Waals surface area (Å²) < 4.78 is 5.23. The van der Waals surface area contributed by atoms with Crippen molar-refractivity contribution < 1.29 is 9.53 Å². The van der Waals surface area contributed by atoms with Gasteiger partial charge < -0.3 is 4.74 Å². The highest BCUT2D eigenvalue weighted by Crippen LogP contribution is 2.35. The van der Waals surface area contributed by atoms with Gasteiger partial charge in [-0.3, -0.25) is 4.79 Å². The summed E-state index contributed by atoms with van der Waals surface area (Å²) in [6.45, 7) is 0. The molecule has 0 atom stereocenters. The summed E-state index contributed by atoms with van der Waals surface area (Å²) in [7, 11) is 1.60. The molecular formula is C22H16O2. The van der Waals surface area contributed by atoms with E-state index in [4.69, 9.17) is 4.74 Å². The molecule has 0 aliphatic rings. The third-order valence-corrected chi connectivity index (χ3v) is 4.46. The van der Waals surface area contributed by atoms with Crippen molar-refractivity contribution in [2.45, 2.75) is 0 Å². The van der Waals surface area contributed by atoms with Gasteiger partial charge in [-0.1, -0.05) is 54.6 Å². The second kappa shape index (κ2) is 5.82. The van der Waals surface area contributed by atoms with E-state index in [0.29, 0.717) is 11.3 Å². The van der Waals surface area contributed by atoms with Gasteiger partial charge >= 0.3 is 0 Å². The summed E-state index contributed by atoms with van der Waals surface area (Å²) >= 11 is 0. The van der Waals surface area contributed by atoms with Crippen LogP contribution in [0.25, 0.3) is 32.7 Å². The highest BCUT2D eigenvalue weighted by Gasteiger charge is 2.11. The first-order valence-corrected chi connectivity index (χ1v) is 7.86. The smallest absolute Gasteiger partial charge is 0.150 e. The average Bonchev–Trinajstić information content (AvgIpc) is 2.66. The third kappa shape index (κ3) is 2.24. The molecule has 0 saturated carbocycles. The Morgan fingerprint density at radius 2 is 1.58 bits per heavy atom. The van der Waals surface area contributed by atoms with E-state index in [1.54, 1.807) is 13.2 Å². The topological polar surface area (TPSA) is 26.3 Å². The first-order chi connectivity index (χ1) is 11.8. The van der Waals surface area contributed by atoms with Crippen molar-refractivity contribution in [1.29, 1.82) is 0 Å². The van der Waals surface area contributed by atoms with Crippen LogP contribution >= 0.6 is 0 Å². The summed E-state index contributed by atoms with van der Waals surface area (Å²) in [5, 5.41) is 4.77. The van der Waals surface area contributed by atoms with Crippen molar-refractivity contribution in [3.05, 3.63) is 78.4 Å². The summed E-state index contributed by atoms with van der Waals surface area (Å²) in [6.07, 6.45) is 0.887. The monoisotopic (exact) mass is 312 g/mol. The second-order valence-corrected chi connectivity index (χ2v) is 5.76. The molecular weight excluding hydrogens is 296 g/mol. The lowest BCUT2D eigenvalue weighted by molar-refractivity contribution is 0.112. The van der Waals surface area contributed by atoms with Crippen LogP contribution in [-0.2, 0) is 0 Å². The summed E-state index contributed by atoms with van der Waals surface area (Å²) in [5.41, 5.74) is 2.62. The van der Waals surface area contributed by atoms with Crippen LogP contribution in [0, 0.1) is 0 Å². The van der Waals surface area contributed by atoms with Gasteiger partial charge in [-0.05, 0) is 50.9 Å². The molecule has 2 nitrogen and oxygen atoms in total. The molecule has 4 rings (SSSR count). The van der Waals surface area contributed by atoms with Gasteiger partial charge in [0.2, 0.25) is 0 Å². The van der Waals surface area contributed by atoms with Gasteiger partial charge in [-0.15, -0.1) is 0 Å².